The van der Waals surface area contributed by atoms with Crippen molar-refractivity contribution in [3.63, 3.8) is 0 Å². The molecule has 106 valence electrons. The molecule has 2 aromatic carbocycles. The molecule has 21 heavy (non-hydrogen) atoms. The number of hydrogen-bond acceptors (Lipinski definition) is 2. The van der Waals surface area contributed by atoms with Gasteiger partial charge in [-0.25, -0.2) is 4.39 Å². The van der Waals surface area contributed by atoms with Crippen molar-refractivity contribution >= 4 is 21.7 Å². The van der Waals surface area contributed by atoms with Crippen LogP contribution in [0.3, 0.4) is 0 Å². The highest BCUT2D eigenvalue weighted by atomic mass is 79.9. The van der Waals surface area contributed by atoms with Crippen LogP contribution in [0, 0.1) is 12.7 Å². The van der Waals surface area contributed by atoms with E-state index < -0.39 is 0 Å². The van der Waals surface area contributed by atoms with E-state index in [4.69, 9.17) is 5.73 Å². The van der Waals surface area contributed by atoms with Crippen molar-refractivity contribution in [2.45, 2.75) is 6.92 Å². The van der Waals surface area contributed by atoms with E-state index in [0.717, 1.165) is 32.4 Å². The molecule has 1 heterocycles. The lowest BCUT2D eigenvalue weighted by atomic mass is 10.00. The van der Waals surface area contributed by atoms with Crippen molar-refractivity contribution < 1.29 is 4.39 Å². The van der Waals surface area contributed by atoms with E-state index in [1.807, 2.05) is 37.3 Å². The summed E-state index contributed by atoms with van der Waals surface area (Å²) in [5, 5.41) is 6.97. The lowest BCUT2D eigenvalue weighted by molar-refractivity contribution is 0.627. The zero-order chi connectivity index (χ0) is 15.0. The van der Waals surface area contributed by atoms with Gasteiger partial charge in [-0.2, -0.15) is 5.10 Å². The standard InChI is InChI=1S/C16H13BrFN3/c1-9-6-11(8-13(18)7-9)15-14(16(19)21-20-15)10-2-4-12(17)5-3-10/h2-8H,1H3,(H3,19,20,21). The number of halogens is 2. The molecule has 3 aromatic rings. The summed E-state index contributed by atoms with van der Waals surface area (Å²) in [5.74, 6) is 0.120. The van der Waals surface area contributed by atoms with E-state index in [1.54, 1.807) is 0 Å². The third kappa shape index (κ3) is 2.69. The van der Waals surface area contributed by atoms with Crippen LogP contribution >= 0.6 is 15.9 Å². The smallest absolute Gasteiger partial charge is 0.153 e. The Labute approximate surface area is 130 Å². The van der Waals surface area contributed by atoms with Crippen LogP contribution in [0.25, 0.3) is 22.4 Å². The molecule has 0 aliphatic carbocycles. The minimum absolute atomic E-state index is 0.278. The second kappa shape index (κ2) is 5.33. The molecular formula is C16H13BrFN3. The van der Waals surface area contributed by atoms with Crippen molar-refractivity contribution in [3.05, 3.63) is 58.3 Å². The number of nitrogens with zero attached hydrogens (tertiary/aromatic N) is 1. The third-order valence-electron chi connectivity index (χ3n) is 3.26. The Morgan fingerprint density at radius 1 is 1.10 bits per heavy atom. The quantitative estimate of drug-likeness (QED) is 0.716. The summed E-state index contributed by atoms with van der Waals surface area (Å²) >= 11 is 3.41. The maximum Gasteiger partial charge on any atom is 0.153 e. The Kier molecular flexibility index (Phi) is 3.51. The van der Waals surface area contributed by atoms with Crippen LogP contribution in [-0.2, 0) is 0 Å². The molecule has 0 aliphatic heterocycles. The molecule has 3 N–H and O–H groups in total. The molecule has 1 aromatic heterocycles. The molecule has 0 aliphatic rings. The summed E-state index contributed by atoms with van der Waals surface area (Å²) in [5.41, 5.74) is 9.99. The summed E-state index contributed by atoms with van der Waals surface area (Å²) in [4.78, 5) is 0. The van der Waals surface area contributed by atoms with Crippen LogP contribution in [0.15, 0.2) is 46.9 Å². The highest BCUT2D eigenvalue weighted by Gasteiger charge is 2.15. The van der Waals surface area contributed by atoms with Gasteiger partial charge in [-0.15, -0.1) is 0 Å². The highest BCUT2D eigenvalue weighted by Crippen LogP contribution is 2.35. The summed E-state index contributed by atoms with van der Waals surface area (Å²) in [6.07, 6.45) is 0. The molecule has 3 rings (SSSR count). The van der Waals surface area contributed by atoms with Crippen LogP contribution in [0.4, 0.5) is 10.2 Å². The molecule has 0 radical (unpaired) electrons. The van der Waals surface area contributed by atoms with Crippen molar-refractivity contribution in [3.8, 4) is 22.4 Å². The zero-order valence-electron chi connectivity index (χ0n) is 11.3. The number of aromatic nitrogens is 2. The highest BCUT2D eigenvalue weighted by molar-refractivity contribution is 9.10. The molecule has 0 saturated heterocycles. The van der Waals surface area contributed by atoms with Crippen LogP contribution in [0.1, 0.15) is 5.56 Å². The predicted molar refractivity (Wildman–Crippen MR) is 86.3 cm³/mol. The van der Waals surface area contributed by atoms with Gasteiger partial charge in [0.05, 0.1) is 11.3 Å². The predicted octanol–water partition coefficient (Wildman–Crippen LogP) is 4.54. The van der Waals surface area contributed by atoms with Crippen molar-refractivity contribution in [2.24, 2.45) is 0 Å². The number of benzene rings is 2. The fraction of sp³-hybridized carbons (Fsp3) is 0.0625. The number of nitrogens with one attached hydrogen (secondary N) is 1. The van der Waals surface area contributed by atoms with Crippen LogP contribution < -0.4 is 5.73 Å². The fourth-order valence-corrected chi connectivity index (χ4v) is 2.62. The van der Waals surface area contributed by atoms with E-state index in [2.05, 4.69) is 26.1 Å². The number of aryl methyl sites for hydroxylation is 1. The Hall–Kier alpha value is -2.14. The molecule has 0 amide bonds. The van der Waals surface area contributed by atoms with Gasteiger partial charge in [0.25, 0.3) is 0 Å². The molecule has 3 nitrogen and oxygen atoms in total. The van der Waals surface area contributed by atoms with Crippen LogP contribution in [-0.4, -0.2) is 10.2 Å². The second-order valence-electron chi connectivity index (χ2n) is 4.88. The van der Waals surface area contributed by atoms with Crippen molar-refractivity contribution in [1.29, 1.82) is 0 Å². The molecule has 0 fully saturated rings. The maximum absolute atomic E-state index is 13.6. The molecule has 5 heteroatoms. The molecule has 0 unspecified atom stereocenters. The van der Waals surface area contributed by atoms with E-state index in [-0.39, 0.29) is 5.82 Å². The number of nitrogen functional groups attached to an aromatic ring is 1. The average molecular weight is 346 g/mol. The summed E-state index contributed by atoms with van der Waals surface area (Å²) in [6, 6.07) is 12.6. The molecule has 0 saturated carbocycles. The first-order valence-electron chi connectivity index (χ1n) is 6.42. The van der Waals surface area contributed by atoms with E-state index >= 15 is 0 Å². The Balaban J connectivity index is 2.19. The van der Waals surface area contributed by atoms with Crippen LogP contribution in [0.2, 0.25) is 0 Å². The Bertz CT molecular complexity index is 774. The van der Waals surface area contributed by atoms with Gasteiger partial charge in [0, 0.05) is 10.0 Å². The van der Waals surface area contributed by atoms with Gasteiger partial charge >= 0.3 is 0 Å². The van der Waals surface area contributed by atoms with Gasteiger partial charge in [-0.05, 0) is 48.4 Å². The normalized spacial score (nSPS) is 10.8. The monoisotopic (exact) mass is 345 g/mol. The first-order chi connectivity index (χ1) is 10.0. The van der Waals surface area contributed by atoms with Gasteiger partial charge in [-0.1, -0.05) is 28.1 Å². The third-order valence-corrected chi connectivity index (χ3v) is 3.79. The van der Waals surface area contributed by atoms with E-state index in [1.165, 1.54) is 12.1 Å². The lowest BCUT2D eigenvalue weighted by Gasteiger charge is -2.06. The van der Waals surface area contributed by atoms with Gasteiger partial charge in [0.15, 0.2) is 5.82 Å². The summed E-state index contributed by atoms with van der Waals surface area (Å²) in [7, 11) is 0. The number of nitrogens with two attached hydrogens (primary N) is 1. The summed E-state index contributed by atoms with van der Waals surface area (Å²) < 4.78 is 14.6. The zero-order valence-corrected chi connectivity index (χ0v) is 12.9. The minimum Gasteiger partial charge on any atom is -0.382 e. The lowest BCUT2D eigenvalue weighted by Crippen LogP contribution is -1.89. The second-order valence-corrected chi connectivity index (χ2v) is 5.80. The first kappa shape index (κ1) is 13.8. The summed E-state index contributed by atoms with van der Waals surface area (Å²) in [6.45, 7) is 1.85. The first-order valence-corrected chi connectivity index (χ1v) is 7.21. The van der Waals surface area contributed by atoms with Crippen molar-refractivity contribution in [1.82, 2.24) is 10.2 Å². The van der Waals surface area contributed by atoms with Gasteiger partial charge in [0.1, 0.15) is 5.82 Å². The fourth-order valence-electron chi connectivity index (χ4n) is 2.35. The molecule has 0 bridgehead atoms. The molecule has 0 atom stereocenters. The van der Waals surface area contributed by atoms with Gasteiger partial charge in [-0.3, -0.25) is 5.10 Å². The number of anilines is 1. The average Bonchev–Trinajstić information content (AvgIpc) is 2.80. The largest absolute Gasteiger partial charge is 0.382 e. The topological polar surface area (TPSA) is 54.7 Å². The minimum atomic E-state index is -0.278. The van der Waals surface area contributed by atoms with E-state index in [0.29, 0.717) is 5.82 Å². The number of rotatable bonds is 2. The van der Waals surface area contributed by atoms with E-state index in [9.17, 15) is 4.39 Å². The van der Waals surface area contributed by atoms with Gasteiger partial charge in [0.2, 0.25) is 0 Å². The van der Waals surface area contributed by atoms with Crippen molar-refractivity contribution in [2.75, 3.05) is 5.73 Å². The van der Waals surface area contributed by atoms with Gasteiger partial charge < -0.3 is 5.73 Å². The number of aromatic amines is 1. The number of hydrogen-bond donors (Lipinski definition) is 2. The maximum atomic E-state index is 13.6. The SMILES string of the molecule is Cc1cc(F)cc(-c2[nH]nc(N)c2-c2ccc(Br)cc2)c1. The Morgan fingerprint density at radius 2 is 1.81 bits per heavy atom. The molecular weight excluding hydrogens is 333 g/mol. The Morgan fingerprint density at radius 3 is 2.48 bits per heavy atom. The number of H-pyrrole nitrogens is 1. The molecule has 0 spiro atoms. The van der Waals surface area contributed by atoms with Crippen LogP contribution in [0.5, 0.6) is 0 Å².